The number of aliphatic hydroxyl groups is 2. The Hall–Kier alpha value is -1.40. The summed E-state index contributed by atoms with van der Waals surface area (Å²) < 4.78 is 4.63. The van der Waals surface area contributed by atoms with Crippen molar-refractivity contribution in [1.29, 1.82) is 0 Å². The highest BCUT2D eigenvalue weighted by Gasteiger charge is 2.24. The predicted molar refractivity (Wildman–Crippen MR) is 50.0 cm³/mol. The molecule has 0 saturated heterocycles. The van der Waals surface area contributed by atoms with E-state index in [0.29, 0.717) is 6.08 Å². The minimum atomic E-state index is -1.25. The maximum atomic E-state index is 10.9. The van der Waals surface area contributed by atoms with Crippen LogP contribution < -0.4 is 0 Å². The first-order valence-corrected chi connectivity index (χ1v) is 4.23. The van der Waals surface area contributed by atoms with Crippen LogP contribution >= 0.6 is 0 Å². The fourth-order valence-electron chi connectivity index (χ4n) is 0.574. The molecule has 0 aliphatic rings. The van der Waals surface area contributed by atoms with Gasteiger partial charge in [0.25, 0.3) is 0 Å². The zero-order valence-corrected chi connectivity index (χ0v) is 8.34. The molecular formula is C9H14O6. The van der Waals surface area contributed by atoms with Gasteiger partial charge >= 0.3 is 11.9 Å². The zero-order valence-electron chi connectivity index (χ0n) is 8.34. The van der Waals surface area contributed by atoms with Gasteiger partial charge in [0, 0.05) is 17.6 Å². The SMILES string of the molecule is CC(CO)(CO)COC(=O)/C=C\C(=O)O. The third-order valence-electron chi connectivity index (χ3n) is 1.69. The fraction of sp³-hybridized carbons (Fsp3) is 0.556. The first-order chi connectivity index (χ1) is 6.93. The highest BCUT2D eigenvalue weighted by atomic mass is 16.5. The second-order valence-corrected chi connectivity index (χ2v) is 3.41. The molecule has 0 saturated carbocycles. The van der Waals surface area contributed by atoms with Gasteiger partial charge in [-0.15, -0.1) is 0 Å². The standard InChI is InChI=1S/C9H14O6/c1-9(4-10,5-11)6-15-8(14)3-2-7(12)13/h2-3,10-11H,4-6H2,1H3,(H,12,13)/b3-2-. The Labute approximate surface area is 86.8 Å². The van der Waals surface area contributed by atoms with Crippen molar-refractivity contribution >= 4 is 11.9 Å². The van der Waals surface area contributed by atoms with Gasteiger partial charge in [-0.3, -0.25) is 0 Å². The first kappa shape index (κ1) is 13.6. The Kier molecular flexibility index (Phi) is 5.58. The normalized spacial score (nSPS) is 11.7. The largest absolute Gasteiger partial charge is 0.478 e. The number of rotatable bonds is 6. The molecular weight excluding hydrogens is 204 g/mol. The van der Waals surface area contributed by atoms with E-state index < -0.39 is 17.4 Å². The van der Waals surface area contributed by atoms with Gasteiger partial charge in [-0.2, -0.15) is 0 Å². The van der Waals surface area contributed by atoms with Crippen molar-refractivity contribution in [3.05, 3.63) is 12.2 Å². The van der Waals surface area contributed by atoms with Crippen LogP contribution in [0.3, 0.4) is 0 Å². The predicted octanol–water partition coefficient (Wildman–Crippen LogP) is -0.839. The number of carbonyl (C=O) groups is 2. The van der Waals surface area contributed by atoms with E-state index in [-0.39, 0.29) is 19.8 Å². The summed E-state index contributed by atoms with van der Waals surface area (Å²) >= 11 is 0. The van der Waals surface area contributed by atoms with Gasteiger partial charge in [0.1, 0.15) is 6.61 Å². The number of aliphatic carboxylic acids is 1. The van der Waals surface area contributed by atoms with Gasteiger partial charge in [-0.05, 0) is 0 Å². The molecule has 0 radical (unpaired) electrons. The second-order valence-electron chi connectivity index (χ2n) is 3.41. The van der Waals surface area contributed by atoms with Crippen LogP contribution in [-0.4, -0.2) is 47.1 Å². The molecule has 0 spiro atoms. The quantitative estimate of drug-likeness (QED) is 0.396. The summed E-state index contributed by atoms with van der Waals surface area (Å²) in [5.41, 5.74) is -0.910. The summed E-state index contributed by atoms with van der Waals surface area (Å²) in [6.45, 7) is 0.683. The minimum absolute atomic E-state index is 0.178. The molecule has 6 nitrogen and oxygen atoms in total. The van der Waals surface area contributed by atoms with E-state index in [1.807, 2.05) is 0 Å². The van der Waals surface area contributed by atoms with E-state index in [0.717, 1.165) is 6.08 Å². The van der Waals surface area contributed by atoms with Crippen LogP contribution in [0.4, 0.5) is 0 Å². The molecule has 0 fully saturated rings. The molecule has 0 bridgehead atoms. The van der Waals surface area contributed by atoms with Gasteiger partial charge in [0.15, 0.2) is 0 Å². The Balaban J connectivity index is 4.05. The van der Waals surface area contributed by atoms with Crippen LogP contribution in [-0.2, 0) is 14.3 Å². The number of aliphatic hydroxyl groups excluding tert-OH is 2. The summed E-state index contributed by atoms with van der Waals surface area (Å²) in [6.07, 6.45) is 1.41. The van der Waals surface area contributed by atoms with Gasteiger partial charge in [0.2, 0.25) is 0 Å². The molecule has 0 heterocycles. The Bertz CT molecular complexity index is 253. The molecule has 0 aliphatic carbocycles. The molecule has 86 valence electrons. The van der Waals surface area contributed by atoms with Crippen LogP contribution in [0.25, 0.3) is 0 Å². The summed E-state index contributed by atoms with van der Waals surface area (Å²) in [5.74, 6) is -2.08. The molecule has 15 heavy (non-hydrogen) atoms. The molecule has 0 rings (SSSR count). The molecule has 0 aromatic rings. The third-order valence-corrected chi connectivity index (χ3v) is 1.69. The molecule has 0 amide bonds. The molecule has 0 aromatic heterocycles. The number of hydrogen-bond acceptors (Lipinski definition) is 5. The number of ether oxygens (including phenoxy) is 1. The molecule has 0 aromatic carbocycles. The van der Waals surface area contributed by atoms with E-state index in [1.54, 1.807) is 0 Å². The summed E-state index contributed by atoms with van der Waals surface area (Å²) in [6, 6.07) is 0. The molecule has 0 atom stereocenters. The van der Waals surface area contributed by atoms with Crippen molar-refractivity contribution in [2.24, 2.45) is 5.41 Å². The number of carboxylic acid groups (broad SMARTS) is 1. The maximum Gasteiger partial charge on any atom is 0.331 e. The lowest BCUT2D eigenvalue weighted by atomic mass is 9.95. The Morgan fingerprint density at radius 1 is 1.27 bits per heavy atom. The maximum absolute atomic E-state index is 10.9. The average Bonchev–Trinajstić information content (AvgIpc) is 2.23. The van der Waals surface area contributed by atoms with Crippen molar-refractivity contribution in [3.8, 4) is 0 Å². The number of esters is 1. The van der Waals surface area contributed by atoms with E-state index in [2.05, 4.69) is 4.74 Å². The lowest BCUT2D eigenvalue weighted by Gasteiger charge is -2.23. The van der Waals surface area contributed by atoms with Crippen LogP contribution in [0.1, 0.15) is 6.92 Å². The van der Waals surface area contributed by atoms with Gasteiger partial charge < -0.3 is 20.1 Å². The van der Waals surface area contributed by atoms with Gasteiger partial charge in [-0.25, -0.2) is 9.59 Å². The average molecular weight is 218 g/mol. The van der Waals surface area contributed by atoms with Crippen molar-refractivity contribution in [3.63, 3.8) is 0 Å². The monoisotopic (exact) mass is 218 g/mol. The number of carboxylic acids is 1. The van der Waals surface area contributed by atoms with E-state index in [4.69, 9.17) is 15.3 Å². The van der Waals surface area contributed by atoms with E-state index in [9.17, 15) is 9.59 Å². The van der Waals surface area contributed by atoms with Crippen LogP contribution in [0.2, 0.25) is 0 Å². The van der Waals surface area contributed by atoms with Gasteiger partial charge in [-0.1, -0.05) is 6.92 Å². The summed E-state index contributed by atoms with van der Waals surface area (Å²) in [4.78, 5) is 20.9. The highest BCUT2D eigenvalue weighted by molar-refractivity contribution is 5.90. The van der Waals surface area contributed by atoms with Crippen LogP contribution in [0.5, 0.6) is 0 Å². The molecule has 6 heteroatoms. The number of hydrogen-bond donors (Lipinski definition) is 3. The van der Waals surface area contributed by atoms with E-state index in [1.165, 1.54) is 6.92 Å². The third kappa shape index (κ3) is 5.82. The lowest BCUT2D eigenvalue weighted by Crippen LogP contribution is -2.32. The van der Waals surface area contributed by atoms with Crippen molar-refractivity contribution in [1.82, 2.24) is 0 Å². The van der Waals surface area contributed by atoms with Crippen LogP contribution in [0, 0.1) is 5.41 Å². The van der Waals surface area contributed by atoms with Crippen molar-refractivity contribution < 1.29 is 29.6 Å². The summed E-state index contributed by atoms with van der Waals surface area (Å²) in [7, 11) is 0. The molecule has 3 N–H and O–H groups in total. The fourth-order valence-corrected chi connectivity index (χ4v) is 0.574. The van der Waals surface area contributed by atoms with Crippen LogP contribution in [0.15, 0.2) is 12.2 Å². The zero-order chi connectivity index (χ0) is 11.9. The number of carbonyl (C=O) groups excluding carboxylic acids is 1. The van der Waals surface area contributed by atoms with E-state index >= 15 is 0 Å². The molecule has 0 aliphatic heterocycles. The molecule has 0 unspecified atom stereocenters. The highest BCUT2D eigenvalue weighted by Crippen LogP contribution is 2.14. The van der Waals surface area contributed by atoms with Crippen molar-refractivity contribution in [2.45, 2.75) is 6.92 Å². The minimum Gasteiger partial charge on any atom is -0.478 e. The first-order valence-electron chi connectivity index (χ1n) is 4.23. The Morgan fingerprint density at radius 2 is 1.80 bits per heavy atom. The van der Waals surface area contributed by atoms with Crippen molar-refractivity contribution in [2.75, 3.05) is 19.8 Å². The van der Waals surface area contributed by atoms with Gasteiger partial charge in [0.05, 0.1) is 13.2 Å². The topological polar surface area (TPSA) is 104 Å². The smallest absolute Gasteiger partial charge is 0.331 e. The lowest BCUT2D eigenvalue weighted by molar-refractivity contribution is -0.143. The second kappa shape index (κ2) is 6.15. The summed E-state index contributed by atoms with van der Waals surface area (Å²) in [5, 5.41) is 25.9. The Morgan fingerprint density at radius 3 is 2.20 bits per heavy atom.